The molecule has 0 saturated carbocycles. The predicted octanol–water partition coefficient (Wildman–Crippen LogP) is 2.40. The van der Waals surface area contributed by atoms with E-state index in [4.69, 9.17) is 17.3 Å². The van der Waals surface area contributed by atoms with Gasteiger partial charge in [0.05, 0.1) is 0 Å². The summed E-state index contributed by atoms with van der Waals surface area (Å²) in [5, 5.41) is 10.7. The van der Waals surface area contributed by atoms with Crippen molar-refractivity contribution in [1.29, 1.82) is 0 Å². The summed E-state index contributed by atoms with van der Waals surface area (Å²) in [6.45, 7) is 0. The van der Waals surface area contributed by atoms with Gasteiger partial charge in [-0.25, -0.2) is 4.98 Å². The summed E-state index contributed by atoms with van der Waals surface area (Å²) < 4.78 is 0. The zero-order valence-electron chi connectivity index (χ0n) is 8.47. The second kappa shape index (κ2) is 4.51. The molecular formula is C12H11ClN2O. The minimum atomic E-state index is -0.703. The smallest absolute Gasteiger partial charge is 0.123 e. The van der Waals surface area contributed by atoms with E-state index in [1.165, 1.54) is 0 Å². The molecular weight excluding hydrogens is 224 g/mol. The Balaban J connectivity index is 2.28. The molecule has 1 aromatic carbocycles. The Bertz CT molecular complexity index is 422. The largest absolute Gasteiger partial charge is 0.384 e. The van der Waals surface area contributed by atoms with Crippen LogP contribution >= 0.6 is 11.6 Å². The van der Waals surface area contributed by atoms with E-state index in [0.29, 0.717) is 16.4 Å². The van der Waals surface area contributed by atoms with Crippen molar-refractivity contribution >= 4 is 17.4 Å². The third-order valence-corrected chi connectivity index (χ3v) is 2.56. The number of rotatable bonds is 2. The molecule has 16 heavy (non-hydrogen) atoms. The summed E-state index contributed by atoms with van der Waals surface area (Å²) in [6.07, 6.45) is 0.861. The molecule has 0 fully saturated rings. The van der Waals surface area contributed by atoms with Crippen molar-refractivity contribution in [2.24, 2.45) is 0 Å². The molecule has 2 aromatic rings. The van der Waals surface area contributed by atoms with Gasteiger partial charge < -0.3 is 10.8 Å². The van der Waals surface area contributed by atoms with E-state index in [2.05, 4.69) is 4.98 Å². The molecule has 3 nitrogen and oxygen atoms in total. The van der Waals surface area contributed by atoms with Gasteiger partial charge >= 0.3 is 0 Å². The van der Waals surface area contributed by atoms with Crippen molar-refractivity contribution in [2.75, 3.05) is 5.73 Å². The average Bonchev–Trinajstić information content (AvgIpc) is 2.30. The van der Waals surface area contributed by atoms with E-state index in [-0.39, 0.29) is 0 Å². The lowest BCUT2D eigenvalue weighted by Crippen LogP contribution is -2.00. The molecule has 4 heteroatoms. The summed E-state index contributed by atoms with van der Waals surface area (Å²) in [4.78, 5) is 3.93. The van der Waals surface area contributed by atoms with Crippen LogP contribution < -0.4 is 5.73 Å². The van der Waals surface area contributed by atoms with Crippen LogP contribution in [0.3, 0.4) is 0 Å². The molecule has 0 amide bonds. The Morgan fingerprint density at radius 2 is 1.69 bits per heavy atom. The van der Waals surface area contributed by atoms with E-state index in [1.54, 1.807) is 42.6 Å². The first-order chi connectivity index (χ1) is 7.66. The van der Waals surface area contributed by atoms with Crippen LogP contribution in [0.1, 0.15) is 17.2 Å². The first kappa shape index (κ1) is 10.9. The van der Waals surface area contributed by atoms with Crippen LogP contribution in [0.15, 0.2) is 42.6 Å². The van der Waals surface area contributed by atoms with Gasteiger partial charge in [0.15, 0.2) is 0 Å². The maximum Gasteiger partial charge on any atom is 0.123 e. The van der Waals surface area contributed by atoms with Gasteiger partial charge in [-0.3, -0.25) is 0 Å². The monoisotopic (exact) mass is 234 g/mol. The van der Waals surface area contributed by atoms with Crippen LogP contribution in [0.25, 0.3) is 0 Å². The average molecular weight is 235 g/mol. The Morgan fingerprint density at radius 3 is 2.25 bits per heavy atom. The van der Waals surface area contributed by atoms with Crippen molar-refractivity contribution < 1.29 is 5.11 Å². The quantitative estimate of drug-likeness (QED) is 0.839. The van der Waals surface area contributed by atoms with Crippen molar-refractivity contribution in [2.45, 2.75) is 6.10 Å². The molecule has 0 spiro atoms. The number of benzene rings is 1. The predicted molar refractivity (Wildman–Crippen MR) is 64.2 cm³/mol. The highest BCUT2D eigenvalue weighted by Crippen LogP contribution is 2.22. The van der Waals surface area contributed by atoms with Crippen molar-refractivity contribution in [3.05, 3.63) is 58.7 Å². The molecule has 3 N–H and O–H groups in total. The number of hydrogen-bond acceptors (Lipinski definition) is 3. The maximum atomic E-state index is 10.0. The summed E-state index contributed by atoms with van der Waals surface area (Å²) >= 11 is 5.77. The van der Waals surface area contributed by atoms with Crippen LogP contribution in [0.5, 0.6) is 0 Å². The van der Waals surface area contributed by atoms with E-state index in [0.717, 1.165) is 5.56 Å². The standard InChI is InChI=1S/C12H11ClN2O/c13-10-4-1-8(2-5-10)12(16)9-3-6-11(14)15-7-9/h1-7,12,16H,(H2,14,15). The van der Waals surface area contributed by atoms with Crippen LogP contribution in [-0.4, -0.2) is 10.1 Å². The van der Waals surface area contributed by atoms with Gasteiger partial charge in [0.2, 0.25) is 0 Å². The molecule has 1 aromatic heterocycles. The summed E-state index contributed by atoms with van der Waals surface area (Å²) in [6, 6.07) is 10.5. The van der Waals surface area contributed by atoms with Crippen LogP contribution in [-0.2, 0) is 0 Å². The second-order valence-electron chi connectivity index (χ2n) is 3.47. The number of halogens is 1. The van der Waals surface area contributed by atoms with Crippen molar-refractivity contribution in [3.63, 3.8) is 0 Å². The third kappa shape index (κ3) is 2.32. The van der Waals surface area contributed by atoms with Gasteiger partial charge in [-0.15, -0.1) is 0 Å². The fraction of sp³-hybridized carbons (Fsp3) is 0.0833. The van der Waals surface area contributed by atoms with E-state index in [9.17, 15) is 5.11 Å². The SMILES string of the molecule is Nc1ccc(C(O)c2ccc(Cl)cc2)cn1. The van der Waals surface area contributed by atoms with Gasteiger partial charge in [-0.05, 0) is 23.8 Å². The number of nitrogens with two attached hydrogens (primary N) is 1. The zero-order valence-corrected chi connectivity index (χ0v) is 9.22. The van der Waals surface area contributed by atoms with Gasteiger partial charge in [0.1, 0.15) is 11.9 Å². The van der Waals surface area contributed by atoms with Crippen LogP contribution in [0.4, 0.5) is 5.82 Å². The fourth-order valence-corrected chi connectivity index (χ4v) is 1.54. The minimum Gasteiger partial charge on any atom is -0.384 e. The molecule has 0 aliphatic heterocycles. The normalized spacial score (nSPS) is 12.4. The van der Waals surface area contributed by atoms with Crippen LogP contribution in [0.2, 0.25) is 5.02 Å². The number of nitrogen functional groups attached to an aromatic ring is 1. The molecule has 1 unspecified atom stereocenters. The Kier molecular flexibility index (Phi) is 3.08. The minimum absolute atomic E-state index is 0.437. The topological polar surface area (TPSA) is 59.1 Å². The molecule has 0 saturated heterocycles. The number of aliphatic hydroxyl groups is 1. The second-order valence-corrected chi connectivity index (χ2v) is 3.91. The van der Waals surface area contributed by atoms with Crippen LogP contribution in [0, 0.1) is 0 Å². The van der Waals surface area contributed by atoms with Crippen molar-refractivity contribution in [3.8, 4) is 0 Å². The number of aliphatic hydroxyl groups excluding tert-OH is 1. The number of nitrogens with zero attached hydrogens (tertiary/aromatic N) is 1. The highest BCUT2D eigenvalue weighted by atomic mass is 35.5. The summed E-state index contributed by atoms with van der Waals surface area (Å²) in [7, 11) is 0. The molecule has 82 valence electrons. The highest BCUT2D eigenvalue weighted by Gasteiger charge is 2.10. The lowest BCUT2D eigenvalue weighted by molar-refractivity contribution is 0.220. The molecule has 0 aliphatic carbocycles. The Labute approximate surface area is 98.5 Å². The zero-order chi connectivity index (χ0) is 11.5. The Hall–Kier alpha value is -1.58. The van der Waals surface area contributed by atoms with Gasteiger partial charge in [-0.1, -0.05) is 29.8 Å². The lowest BCUT2D eigenvalue weighted by Gasteiger charge is -2.11. The molecule has 0 radical (unpaired) electrons. The number of pyridine rings is 1. The molecule has 0 bridgehead atoms. The maximum absolute atomic E-state index is 10.0. The first-order valence-electron chi connectivity index (χ1n) is 4.82. The lowest BCUT2D eigenvalue weighted by atomic mass is 10.0. The van der Waals surface area contributed by atoms with E-state index in [1.807, 2.05) is 0 Å². The third-order valence-electron chi connectivity index (χ3n) is 2.31. The summed E-state index contributed by atoms with van der Waals surface area (Å²) in [5.74, 6) is 0.437. The number of anilines is 1. The van der Waals surface area contributed by atoms with E-state index >= 15 is 0 Å². The number of hydrogen-bond donors (Lipinski definition) is 2. The molecule has 1 heterocycles. The van der Waals surface area contributed by atoms with Gasteiger partial charge in [-0.2, -0.15) is 0 Å². The summed E-state index contributed by atoms with van der Waals surface area (Å²) in [5.41, 5.74) is 6.95. The fourth-order valence-electron chi connectivity index (χ4n) is 1.42. The van der Waals surface area contributed by atoms with Gasteiger partial charge in [0.25, 0.3) is 0 Å². The first-order valence-corrected chi connectivity index (χ1v) is 5.19. The molecule has 2 rings (SSSR count). The molecule has 1 atom stereocenters. The van der Waals surface area contributed by atoms with Crippen molar-refractivity contribution in [1.82, 2.24) is 4.98 Å². The number of aromatic nitrogens is 1. The highest BCUT2D eigenvalue weighted by molar-refractivity contribution is 6.30. The Morgan fingerprint density at radius 1 is 1.06 bits per heavy atom. The van der Waals surface area contributed by atoms with E-state index < -0.39 is 6.10 Å². The molecule has 0 aliphatic rings. The van der Waals surface area contributed by atoms with Gasteiger partial charge in [0, 0.05) is 16.8 Å².